The minimum absolute atomic E-state index is 0.782. The molecule has 0 saturated carbocycles. The molecule has 1 fully saturated rings. The van der Waals surface area contributed by atoms with Gasteiger partial charge in [-0.1, -0.05) is 35.9 Å². The maximum atomic E-state index is 6.06. The van der Waals surface area contributed by atoms with E-state index in [1.54, 1.807) is 0 Å². The van der Waals surface area contributed by atoms with Gasteiger partial charge in [0.05, 0.1) is 0 Å². The minimum Gasteiger partial charge on any atom is -0.369 e. The summed E-state index contributed by atoms with van der Waals surface area (Å²) in [7, 11) is 0. The fourth-order valence-corrected chi connectivity index (χ4v) is 2.66. The second kappa shape index (κ2) is 5.64. The summed E-state index contributed by atoms with van der Waals surface area (Å²) in [4.78, 5) is 2.42. The summed E-state index contributed by atoms with van der Waals surface area (Å²) < 4.78 is 0. The molecule has 1 heterocycles. The molecule has 1 aliphatic rings. The summed E-state index contributed by atoms with van der Waals surface area (Å²) in [6.07, 6.45) is 0. The zero-order chi connectivity index (χ0) is 13.1. The number of nitrogens with zero attached hydrogens (tertiary/aromatic N) is 1. The van der Waals surface area contributed by atoms with E-state index < -0.39 is 0 Å². The van der Waals surface area contributed by atoms with Crippen LogP contribution < -0.4 is 10.2 Å². The van der Waals surface area contributed by atoms with E-state index in [1.807, 2.05) is 18.2 Å². The summed E-state index contributed by atoms with van der Waals surface area (Å²) in [6, 6.07) is 16.7. The SMILES string of the molecule is Clc1cccc(-c2cccc(N3CCNCC3)c2)c1. The Hall–Kier alpha value is -1.51. The van der Waals surface area contributed by atoms with Crippen LogP contribution in [-0.2, 0) is 0 Å². The molecule has 0 unspecified atom stereocenters. The molecular formula is C16H17ClN2. The van der Waals surface area contributed by atoms with Gasteiger partial charge in [0, 0.05) is 36.9 Å². The maximum absolute atomic E-state index is 6.06. The third-order valence-electron chi connectivity index (χ3n) is 3.49. The van der Waals surface area contributed by atoms with Gasteiger partial charge in [0.25, 0.3) is 0 Å². The predicted octanol–water partition coefficient (Wildman–Crippen LogP) is 3.42. The highest BCUT2D eigenvalue weighted by molar-refractivity contribution is 6.30. The summed E-state index contributed by atoms with van der Waals surface area (Å²) in [5.74, 6) is 0. The van der Waals surface area contributed by atoms with Crippen molar-refractivity contribution in [1.29, 1.82) is 0 Å². The Bertz CT molecular complexity index is 562. The highest BCUT2D eigenvalue weighted by Gasteiger charge is 2.10. The molecule has 0 radical (unpaired) electrons. The number of halogens is 1. The topological polar surface area (TPSA) is 15.3 Å². The first-order chi connectivity index (χ1) is 9.33. The predicted molar refractivity (Wildman–Crippen MR) is 82.0 cm³/mol. The standard InChI is InChI=1S/C16H17ClN2/c17-15-5-1-3-13(11-15)14-4-2-6-16(12-14)19-9-7-18-8-10-19/h1-6,11-12,18H,7-10H2. The molecule has 0 spiro atoms. The molecule has 3 heteroatoms. The lowest BCUT2D eigenvalue weighted by molar-refractivity contribution is 0.589. The van der Waals surface area contributed by atoms with Crippen molar-refractivity contribution in [3.8, 4) is 11.1 Å². The van der Waals surface area contributed by atoms with E-state index in [0.717, 1.165) is 31.2 Å². The molecule has 0 bridgehead atoms. The van der Waals surface area contributed by atoms with E-state index in [1.165, 1.54) is 16.8 Å². The molecule has 0 atom stereocenters. The van der Waals surface area contributed by atoms with Crippen molar-refractivity contribution in [3.05, 3.63) is 53.6 Å². The Labute approximate surface area is 119 Å². The van der Waals surface area contributed by atoms with Gasteiger partial charge in [-0.05, 0) is 35.4 Å². The summed E-state index contributed by atoms with van der Waals surface area (Å²) in [6.45, 7) is 4.25. The normalized spacial score (nSPS) is 15.5. The zero-order valence-electron chi connectivity index (χ0n) is 10.8. The Kier molecular flexibility index (Phi) is 3.72. The number of anilines is 1. The number of rotatable bonds is 2. The van der Waals surface area contributed by atoms with Crippen molar-refractivity contribution >= 4 is 17.3 Å². The first kappa shape index (κ1) is 12.5. The Morgan fingerprint density at radius 3 is 2.32 bits per heavy atom. The number of piperazine rings is 1. The molecule has 0 aromatic heterocycles. The highest BCUT2D eigenvalue weighted by Crippen LogP contribution is 2.26. The van der Waals surface area contributed by atoms with E-state index >= 15 is 0 Å². The average molecular weight is 273 g/mol. The number of hydrogen-bond acceptors (Lipinski definition) is 2. The second-order valence-corrected chi connectivity index (χ2v) is 5.23. The van der Waals surface area contributed by atoms with Crippen LogP contribution >= 0.6 is 11.6 Å². The molecular weight excluding hydrogens is 256 g/mol. The minimum atomic E-state index is 0.782. The van der Waals surface area contributed by atoms with Crippen molar-refractivity contribution in [1.82, 2.24) is 5.32 Å². The lowest BCUT2D eigenvalue weighted by Gasteiger charge is -2.29. The van der Waals surface area contributed by atoms with Crippen molar-refractivity contribution in [2.75, 3.05) is 31.1 Å². The van der Waals surface area contributed by atoms with Crippen molar-refractivity contribution < 1.29 is 0 Å². The Morgan fingerprint density at radius 1 is 0.895 bits per heavy atom. The van der Waals surface area contributed by atoms with Gasteiger partial charge in [-0.25, -0.2) is 0 Å². The molecule has 0 aliphatic carbocycles. The lowest BCUT2D eigenvalue weighted by atomic mass is 10.0. The zero-order valence-corrected chi connectivity index (χ0v) is 11.5. The second-order valence-electron chi connectivity index (χ2n) is 4.80. The maximum Gasteiger partial charge on any atom is 0.0412 e. The number of nitrogens with one attached hydrogen (secondary N) is 1. The largest absolute Gasteiger partial charge is 0.369 e. The van der Waals surface area contributed by atoms with Crippen molar-refractivity contribution in [3.63, 3.8) is 0 Å². The van der Waals surface area contributed by atoms with Gasteiger partial charge in [0.15, 0.2) is 0 Å². The molecule has 2 aromatic carbocycles. The quantitative estimate of drug-likeness (QED) is 0.901. The summed E-state index contributed by atoms with van der Waals surface area (Å²) in [5.41, 5.74) is 3.68. The highest BCUT2D eigenvalue weighted by atomic mass is 35.5. The van der Waals surface area contributed by atoms with Gasteiger partial charge in [0.1, 0.15) is 0 Å². The third kappa shape index (κ3) is 2.91. The van der Waals surface area contributed by atoms with Gasteiger partial charge < -0.3 is 10.2 Å². The van der Waals surface area contributed by atoms with Crippen LogP contribution in [0.2, 0.25) is 5.02 Å². The molecule has 1 aliphatic heterocycles. The number of benzene rings is 2. The van der Waals surface area contributed by atoms with Crippen LogP contribution in [0.4, 0.5) is 5.69 Å². The van der Waals surface area contributed by atoms with Gasteiger partial charge in [-0.3, -0.25) is 0 Å². The van der Waals surface area contributed by atoms with E-state index in [-0.39, 0.29) is 0 Å². The molecule has 2 aromatic rings. The van der Waals surface area contributed by atoms with Crippen molar-refractivity contribution in [2.24, 2.45) is 0 Å². The number of hydrogen-bond donors (Lipinski definition) is 1. The third-order valence-corrected chi connectivity index (χ3v) is 3.72. The van der Waals surface area contributed by atoms with Crippen LogP contribution in [0, 0.1) is 0 Å². The van der Waals surface area contributed by atoms with Crippen LogP contribution in [0.5, 0.6) is 0 Å². The molecule has 1 saturated heterocycles. The van der Waals surface area contributed by atoms with E-state index in [4.69, 9.17) is 11.6 Å². The summed E-state index contributed by atoms with van der Waals surface area (Å²) >= 11 is 6.06. The first-order valence-electron chi connectivity index (χ1n) is 6.64. The molecule has 1 N–H and O–H groups in total. The lowest BCUT2D eigenvalue weighted by Crippen LogP contribution is -2.43. The van der Waals surface area contributed by atoms with Crippen LogP contribution in [-0.4, -0.2) is 26.2 Å². The Balaban J connectivity index is 1.91. The molecule has 0 amide bonds. The van der Waals surface area contributed by atoms with Crippen LogP contribution in [0.25, 0.3) is 11.1 Å². The fourth-order valence-electron chi connectivity index (χ4n) is 2.47. The summed E-state index contributed by atoms with van der Waals surface area (Å²) in [5, 5.41) is 4.16. The first-order valence-corrected chi connectivity index (χ1v) is 7.02. The van der Waals surface area contributed by atoms with Gasteiger partial charge in [-0.2, -0.15) is 0 Å². The van der Waals surface area contributed by atoms with Crippen molar-refractivity contribution in [2.45, 2.75) is 0 Å². The Morgan fingerprint density at radius 2 is 1.58 bits per heavy atom. The molecule has 3 rings (SSSR count). The van der Waals surface area contributed by atoms with Gasteiger partial charge >= 0.3 is 0 Å². The molecule has 98 valence electrons. The van der Waals surface area contributed by atoms with E-state index in [9.17, 15) is 0 Å². The monoisotopic (exact) mass is 272 g/mol. The average Bonchev–Trinajstić information content (AvgIpc) is 2.48. The molecule has 19 heavy (non-hydrogen) atoms. The fraction of sp³-hybridized carbons (Fsp3) is 0.250. The van der Waals surface area contributed by atoms with Crippen LogP contribution in [0.15, 0.2) is 48.5 Å². The van der Waals surface area contributed by atoms with Gasteiger partial charge in [-0.15, -0.1) is 0 Å². The van der Waals surface area contributed by atoms with E-state index in [0.29, 0.717) is 0 Å². The smallest absolute Gasteiger partial charge is 0.0412 e. The van der Waals surface area contributed by atoms with Gasteiger partial charge in [0.2, 0.25) is 0 Å². The van der Waals surface area contributed by atoms with Crippen LogP contribution in [0.3, 0.4) is 0 Å². The van der Waals surface area contributed by atoms with Crippen LogP contribution in [0.1, 0.15) is 0 Å². The van der Waals surface area contributed by atoms with E-state index in [2.05, 4.69) is 40.5 Å². The molecule has 2 nitrogen and oxygen atoms in total.